The Labute approximate surface area is 404 Å². The standard InChI is InChI=1S/C23H17BrN2O.C16H13BrO2.C7H8N2.ClH.K.H2O/c1-27-20-13-9-17(10-14-20)22-15-21(16-7-11-19(24)12-8-16)25-23(26-22)18-5-3-2-4-6-18;1-19-15-9-2-12(3-10-15)4-11-16(18)13-5-7-14(17)8-6-13;8-7(9)6-4-2-1-3-5-6;;;/h2-15H,1H3;2-11H,1H3;1-5H,(H3,8,9);1H;;1H2/q;;;;+1;/p-1/b;11-4+;;;;. The zero-order chi connectivity index (χ0) is 39.0. The minimum absolute atomic E-state index is 0. The van der Waals surface area contributed by atoms with Crippen LogP contribution >= 0.6 is 44.3 Å². The smallest absolute Gasteiger partial charge is 0.870 e. The van der Waals surface area contributed by atoms with Gasteiger partial charge in [0.05, 0.1) is 25.6 Å². The first-order valence-electron chi connectivity index (χ1n) is 17.1. The number of halogens is 3. The number of ether oxygens (including phenoxy) is 2. The van der Waals surface area contributed by atoms with Crippen molar-refractivity contribution in [2.45, 2.75) is 0 Å². The minimum Gasteiger partial charge on any atom is -0.870 e. The Bertz CT molecular complexity index is 2340. The number of allylic oxidation sites excluding steroid dienone is 1. The van der Waals surface area contributed by atoms with Gasteiger partial charge in [0.15, 0.2) is 11.6 Å². The topological polar surface area (TPSA) is 141 Å². The van der Waals surface area contributed by atoms with E-state index in [2.05, 4.69) is 44.0 Å². The molecule has 0 aliphatic carbocycles. The van der Waals surface area contributed by atoms with Gasteiger partial charge >= 0.3 is 51.4 Å². The number of hydrogen-bond acceptors (Lipinski definition) is 7. The molecule has 0 aliphatic rings. The first kappa shape index (κ1) is 49.9. The summed E-state index contributed by atoms with van der Waals surface area (Å²) in [4.78, 5) is 21.5. The van der Waals surface area contributed by atoms with Crippen molar-refractivity contribution in [3.8, 4) is 45.4 Å². The number of rotatable bonds is 9. The van der Waals surface area contributed by atoms with E-state index >= 15 is 0 Å². The maximum atomic E-state index is 11.9. The molecule has 0 fully saturated rings. The maximum Gasteiger partial charge on any atom is 1.00 e. The molecule has 0 radical (unpaired) electrons. The van der Waals surface area contributed by atoms with Crippen LogP contribution in [0.15, 0.2) is 179 Å². The molecule has 6 aromatic carbocycles. The Balaban J connectivity index is 0.000000327. The van der Waals surface area contributed by atoms with E-state index in [4.69, 9.17) is 30.6 Å². The summed E-state index contributed by atoms with van der Waals surface area (Å²) in [5.41, 5.74) is 12.4. The van der Waals surface area contributed by atoms with Crippen molar-refractivity contribution in [3.05, 3.63) is 196 Å². The van der Waals surface area contributed by atoms with Gasteiger partial charge < -0.3 is 20.7 Å². The van der Waals surface area contributed by atoms with Crippen LogP contribution < -0.4 is 66.6 Å². The Hall–Kier alpha value is -4.27. The zero-order valence-electron chi connectivity index (χ0n) is 32.1. The predicted molar refractivity (Wildman–Crippen MR) is 240 cm³/mol. The van der Waals surface area contributed by atoms with Crippen LogP contribution in [-0.2, 0) is 0 Å². The summed E-state index contributed by atoms with van der Waals surface area (Å²) in [6.07, 6.45) is 3.37. The number of hydrogen-bond donors (Lipinski definition) is 2. The third-order valence-corrected chi connectivity index (χ3v) is 9.10. The molecule has 0 atom stereocenters. The average molecular weight is 947 g/mol. The van der Waals surface area contributed by atoms with Crippen LogP contribution in [0.5, 0.6) is 11.5 Å². The molecule has 0 bridgehead atoms. The van der Waals surface area contributed by atoms with Gasteiger partial charge in [-0.1, -0.05) is 123 Å². The van der Waals surface area contributed by atoms with Crippen molar-refractivity contribution < 1.29 is 71.1 Å². The number of aromatic nitrogens is 2. The Morgan fingerprint density at radius 1 is 0.603 bits per heavy atom. The Morgan fingerprint density at radius 2 is 1.03 bits per heavy atom. The maximum absolute atomic E-state index is 11.9. The molecule has 1 heterocycles. The van der Waals surface area contributed by atoms with Crippen molar-refractivity contribution >= 4 is 62.0 Å². The molecule has 7 rings (SSSR count). The van der Waals surface area contributed by atoms with Crippen LogP contribution in [0.2, 0.25) is 0 Å². The van der Waals surface area contributed by atoms with E-state index in [1.807, 2.05) is 140 Å². The third-order valence-electron chi connectivity index (χ3n) is 8.04. The predicted octanol–water partition coefficient (Wildman–Crippen LogP) is 8.82. The van der Waals surface area contributed by atoms with Gasteiger partial charge in [-0.3, -0.25) is 10.2 Å². The molecule has 0 saturated heterocycles. The molecular weight excluding hydrogens is 907 g/mol. The van der Waals surface area contributed by atoms with E-state index in [0.717, 1.165) is 59.6 Å². The van der Waals surface area contributed by atoms with Gasteiger partial charge in [0, 0.05) is 36.8 Å². The summed E-state index contributed by atoms with van der Waals surface area (Å²) in [5, 5.41) is 7.01. The molecule has 4 N–H and O–H groups in total. The van der Waals surface area contributed by atoms with Crippen LogP contribution in [0, 0.1) is 5.41 Å². The average Bonchev–Trinajstić information content (AvgIpc) is 3.24. The van der Waals surface area contributed by atoms with Gasteiger partial charge in [-0.15, -0.1) is 12.4 Å². The molecule has 0 spiro atoms. The fraction of sp³-hybridized carbons (Fsp3) is 0.0435. The van der Waals surface area contributed by atoms with Gasteiger partial charge in [-0.05, 0) is 90.5 Å². The second kappa shape index (κ2) is 26.0. The van der Waals surface area contributed by atoms with Crippen molar-refractivity contribution in [3.63, 3.8) is 0 Å². The minimum atomic E-state index is -0.0108. The van der Waals surface area contributed by atoms with Crippen molar-refractivity contribution in [2.75, 3.05) is 14.2 Å². The number of carbonyl (C=O) groups excluding carboxylic acids is 1. The van der Waals surface area contributed by atoms with Gasteiger partial charge in [0.1, 0.15) is 17.3 Å². The number of nitrogens with zero attached hydrogens (tertiary/aromatic N) is 2. The fourth-order valence-corrected chi connectivity index (χ4v) is 5.59. The largest absolute Gasteiger partial charge is 1.00 e. The zero-order valence-corrected chi connectivity index (χ0v) is 39.2. The molecule has 290 valence electrons. The first-order valence-corrected chi connectivity index (χ1v) is 18.7. The summed E-state index contributed by atoms with van der Waals surface area (Å²) in [5.74, 6) is 2.45. The molecule has 8 nitrogen and oxygen atoms in total. The molecule has 0 saturated carbocycles. The monoisotopic (exact) mass is 944 g/mol. The first-order chi connectivity index (χ1) is 26.7. The van der Waals surface area contributed by atoms with E-state index in [-0.39, 0.29) is 80.9 Å². The molecule has 1 aromatic heterocycles. The quantitative estimate of drug-likeness (QED) is 0.0485. The summed E-state index contributed by atoms with van der Waals surface area (Å²) in [6, 6.07) is 52.2. The Kier molecular flexibility index (Phi) is 22.3. The van der Waals surface area contributed by atoms with E-state index in [9.17, 15) is 4.79 Å². The van der Waals surface area contributed by atoms with E-state index in [1.54, 1.807) is 38.5 Å². The van der Waals surface area contributed by atoms with E-state index in [0.29, 0.717) is 11.4 Å². The molecule has 12 heteroatoms. The number of nitrogens with two attached hydrogens (primary N) is 1. The number of ketones is 1. The van der Waals surface area contributed by atoms with Crippen LogP contribution in [0.3, 0.4) is 0 Å². The summed E-state index contributed by atoms with van der Waals surface area (Å²) < 4.78 is 12.3. The third kappa shape index (κ3) is 15.5. The molecule has 0 unspecified atom stereocenters. The van der Waals surface area contributed by atoms with Gasteiger partial charge in [0.25, 0.3) is 0 Å². The number of nitrogens with one attached hydrogen (secondary N) is 1. The molecule has 0 amide bonds. The number of benzene rings is 6. The number of methoxy groups -OCH3 is 2. The van der Waals surface area contributed by atoms with E-state index in [1.165, 1.54) is 0 Å². The molecule has 0 aliphatic heterocycles. The van der Waals surface area contributed by atoms with E-state index < -0.39 is 0 Å². The SMILES string of the molecule is COc1ccc(-c2cc(-c3ccc(Br)cc3)nc(-c3ccccc3)n2)cc1.COc1ccc(/C=C/C(=O)c2ccc(Br)cc2)cc1.Cl.N=C(N)c1ccccc1.[K+].[OH-]. The van der Waals surface area contributed by atoms with Crippen molar-refractivity contribution in [2.24, 2.45) is 5.73 Å². The van der Waals surface area contributed by atoms with Crippen molar-refractivity contribution in [1.29, 1.82) is 5.41 Å². The molecule has 58 heavy (non-hydrogen) atoms. The Morgan fingerprint density at radius 3 is 1.48 bits per heavy atom. The van der Waals surface area contributed by atoms with Gasteiger partial charge in [-0.25, -0.2) is 9.97 Å². The second-order valence-electron chi connectivity index (χ2n) is 11.8. The molecule has 7 aromatic rings. The van der Waals surface area contributed by atoms with Crippen molar-refractivity contribution in [1.82, 2.24) is 9.97 Å². The van der Waals surface area contributed by atoms with Crippen LogP contribution in [0.25, 0.3) is 40.0 Å². The summed E-state index contributed by atoms with van der Waals surface area (Å²) in [7, 11) is 3.29. The number of carbonyl (C=O) groups is 1. The summed E-state index contributed by atoms with van der Waals surface area (Å²) in [6.45, 7) is 0. The van der Waals surface area contributed by atoms with Crippen LogP contribution in [-0.4, -0.2) is 41.3 Å². The van der Waals surface area contributed by atoms with Gasteiger partial charge in [0.2, 0.25) is 0 Å². The molecular formula is C46H40Br2ClKN4O4. The van der Waals surface area contributed by atoms with Gasteiger partial charge in [-0.2, -0.15) is 0 Å². The van der Waals surface area contributed by atoms with Crippen LogP contribution in [0.1, 0.15) is 21.5 Å². The number of nitrogen functional groups attached to an aromatic ring is 1. The number of amidine groups is 1. The fourth-order valence-electron chi connectivity index (χ4n) is 5.06. The van der Waals surface area contributed by atoms with Crippen LogP contribution in [0.4, 0.5) is 0 Å². The summed E-state index contributed by atoms with van der Waals surface area (Å²) >= 11 is 6.83. The second-order valence-corrected chi connectivity index (χ2v) is 13.7. The normalized spacial score (nSPS) is 9.79.